The van der Waals surface area contributed by atoms with Crippen molar-refractivity contribution in [3.63, 3.8) is 0 Å². The fourth-order valence-electron chi connectivity index (χ4n) is 3.23. The van der Waals surface area contributed by atoms with Gasteiger partial charge in [-0.05, 0) is 24.6 Å². The van der Waals surface area contributed by atoms with Gasteiger partial charge in [-0.2, -0.15) is 0 Å². The quantitative estimate of drug-likeness (QED) is 0.358. The first-order valence-electron chi connectivity index (χ1n) is 8.94. The number of carbonyl (C=O) groups is 1. The van der Waals surface area contributed by atoms with Gasteiger partial charge in [-0.1, -0.05) is 30.3 Å². The Hall–Kier alpha value is -3.32. The smallest absolute Gasteiger partial charge is 0.419 e. The van der Waals surface area contributed by atoms with E-state index in [9.17, 15) is 9.59 Å². The third-order valence-corrected chi connectivity index (χ3v) is 4.51. The molecule has 7 nitrogen and oxygen atoms in total. The topological polar surface area (TPSA) is 83.8 Å². The molecule has 0 spiro atoms. The number of aryl methyl sites for hydroxylation is 1. The fraction of sp³-hybridized carbons (Fsp3) is 0.238. The highest BCUT2D eigenvalue weighted by molar-refractivity contribution is 5.96. The molecule has 4 aromatic rings. The van der Waals surface area contributed by atoms with Gasteiger partial charge in [0.15, 0.2) is 5.58 Å². The Morgan fingerprint density at radius 2 is 1.79 bits per heavy atom. The molecule has 0 unspecified atom stereocenters. The van der Waals surface area contributed by atoms with Gasteiger partial charge < -0.3 is 18.3 Å². The summed E-state index contributed by atoms with van der Waals surface area (Å²) >= 11 is 0. The molecule has 28 heavy (non-hydrogen) atoms. The third-order valence-electron chi connectivity index (χ3n) is 4.51. The van der Waals surface area contributed by atoms with Gasteiger partial charge in [0.1, 0.15) is 5.58 Å². The molecule has 144 valence electrons. The minimum Gasteiger partial charge on any atom is -0.460 e. The van der Waals surface area contributed by atoms with Crippen LogP contribution in [0.15, 0.2) is 62.2 Å². The van der Waals surface area contributed by atoms with Crippen molar-refractivity contribution >= 4 is 28.0 Å². The van der Waals surface area contributed by atoms with E-state index in [4.69, 9.17) is 18.3 Å². The molecule has 4 rings (SSSR count). The van der Waals surface area contributed by atoms with Gasteiger partial charge >= 0.3 is 11.7 Å². The molecule has 7 heteroatoms. The Balaban J connectivity index is 1.43. The molecule has 0 atom stereocenters. The van der Waals surface area contributed by atoms with Crippen molar-refractivity contribution in [3.8, 4) is 0 Å². The Bertz CT molecular complexity index is 1180. The SMILES string of the molecule is COCc1c(C(=O)OCCCn2c(=O)oc3ccccc32)oc2ccccc12. The summed E-state index contributed by atoms with van der Waals surface area (Å²) in [7, 11) is 1.56. The van der Waals surface area contributed by atoms with Gasteiger partial charge in [0.05, 0.1) is 18.7 Å². The van der Waals surface area contributed by atoms with E-state index in [-0.39, 0.29) is 19.0 Å². The number of nitrogens with zero attached hydrogens (tertiary/aromatic N) is 1. The van der Waals surface area contributed by atoms with Crippen molar-refractivity contribution in [3.05, 3.63) is 70.4 Å². The summed E-state index contributed by atoms with van der Waals surface area (Å²) in [6.45, 7) is 0.778. The largest absolute Gasteiger partial charge is 0.460 e. The van der Waals surface area contributed by atoms with Crippen LogP contribution in [-0.2, 0) is 22.6 Å². The Kier molecular flexibility index (Phi) is 4.99. The van der Waals surface area contributed by atoms with Gasteiger partial charge in [0, 0.05) is 24.6 Å². The summed E-state index contributed by atoms with van der Waals surface area (Å²) in [5.74, 6) is -0.825. The lowest BCUT2D eigenvalue weighted by atomic mass is 10.1. The molecule has 2 heterocycles. The maximum Gasteiger partial charge on any atom is 0.419 e. The zero-order valence-corrected chi connectivity index (χ0v) is 15.3. The van der Waals surface area contributed by atoms with Crippen LogP contribution in [0.4, 0.5) is 0 Å². The number of para-hydroxylation sites is 3. The van der Waals surface area contributed by atoms with Crippen molar-refractivity contribution in [2.75, 3.05) is 13.7 Å². The third kappa shape index (κ3) is 3.32. The molecular formula is C21H19NO6. The summed E-state index contributed by atoms with van der Waals surface area (Å²) in [6.07, 6.45) is 0.467. The van der Waals surface area contributed by atoms with Gasteiger partial charge in [-0.3, -0.25) is 4.57 Å². The second-order valence-electron chi connectivity index (χ2n) is 6.32. The highest BCUT2D eigenvalue weighted by Gasteiger charge is 2.21. The molecule has 0 aliphatic rings. The van der Waals surface area contributed by atoms with Gasteiger partial charge in [-0.25, -0.2) is 9.59 Å². The Morgan fingerprint density at radius 1 is 1.04 bits per heavy atom. The molecule has 2 aromatic heterocycles. The number of hydrogen-bond acceptors (Lipinski definition) is 6. The molecule has 0 saturated carbocycles. The summed E-state index contributed by atoms with van der Waals surface area (Å²) in [5.41, 5.74) is 2.53. The molecule has 0 aliphatic heterocycles. The predicted octanol–water partition coefficient (Wildman–Crippen LogP) is 3.73. The number of rotatable bonds is 7. The van der Waals surface area contributed by atoms with Crippen LogP contribution in [0.2, 0.25) is 0 Å². The first-order chi connectivity index (χ1) is 13.7. The van der Waals surface area contributed by atoms with Crippen molar-refractivity contribution in [2.24, 2.45) is 0 Å². The minimum absolute atomic E-state index is 0.147. The van der Waals surface area contributed by atoms with Crippen LogP contribution in [0.1, 0.15) is 22.5 Å². The molecule has 0 N–H and O–H groups in total. The van der Waals surface area contributed by atoms with E-state index in [1.165, 1.54) is 4.57 Å². The van der Waals surface area contributed by atoms with E-state index in [1.807, 2.05) is 36.4 Å². The lowest BCUT2D eigenvalue weighted by Crippen LogP contribution is -2.16. The average Bonchev–Trinajstić information content (AvgIpc) is 3.23. The Labute approximate surface area is 160 Å². The molecule has 0 radical (unpaired) electrons. The number of esters is 1. The van der Waals surface area contributed by atoms with Gasteiger partial charge in [-0.15, -0.1) is 0 Å². The standard InChI is InChI=1S/C21H19NO6/c1-25-13-15-14-7-2-4-9-17(14)27-19(15)20(23)26-12-6-11-22-16-8-3-5-10-18(16)28-21(22)24/h2-5,7-10H,6,11-13H2,1H3. The van der Waals surface area contributed by atoms with Crippen molar-refractivity contribution in [1.29, 1.82) is 0 Å². The number of hydrogen-bond donors (Lipinski definition) is 0. The summed E-state index contributed by atoms with van der Waals surface area (Å²) in [5, 5.41) is 0.827. The molecule has 0 saturated heterocycles. The van der Waals surface area contributed by atoms with Crippen molar-refractivity contribution < 1.29 is 23.1 Å². The van der Waals surface area contributed by atoms with E-state index in [1.54, 1.807) is 19.2 Å². The van der Waals surface area contributed by atoms with E-state index in [2.05, 4.69) is 0 Å². The second kappa shape index (κ2) is 7.74. The van der Waals surface area contributed by atoms with Gasteiger partial charge in [0.2, 0.25) is 5.76 Å². The van der Waals surface area contributed by atoms with Crippen LogP contribution in [-0.4, -0.2) is 24.3 Å². The van der Waals surface area contributed by atoms with Crippen LogP contribution in [0, 0.1) is 0 Å². The lowest BCUT2D eigenvalue weighted by Gasteiger charge is -2.05. The number of carbonyl (C=O) groups excluding carboxylic acids is 1. The van der Waals surface area contributed by atoms with Crippen LogP contribution < -0.4 is 5.76 Å². The first kappa shape index (κ1) is 18.1. The van der Waals surface area contributed by atoms with E-state index < -0.39 is 11.7 Å². The second-order valence-corrected chi connectivity index (χ2v) is 6.32. The van der Waals surface area contributed by atoms with Gasteiger partial charge in [0.25, 0.3) is 0 Å². The summed E-state index contributed by atoms with van der Waals surface area (Å²) in [4.78, 5) is 24.5. The fourth-order valence-corrected chi connectivity index (χ4v) is 3.23. The monoisotopic (exact) mass is 381 g/mol. The number of oxazole rings is 1. The highest BCUT2D eigenvalue weighted by Crippen LogP contribution is 2.27. The number of ether oxygens (including phenoxy) is 2. The number of methoxy groups -OCH3 is 1. The van der Waals surface area contributed by atoms with Crippen LogP contribution in [0.25, 0.3) is 22.1 Å². The first-order valence-corrected chi connectivity index (χ1v) is 8.94. The van der Waals surface area contributed by atoms with E-state index in [0.29, 0.717) is 29.7 Å². The molecular weight excluding hydrogens is 362 g/mol. The minimum atomic E-state index is -0.548. The van der Waals surface area contributed by atoms with Crippen molar-refractivity contribution in [1.82, 2.24) is 4.57 Å². The number of furan rings is 1. The summed E-state index contributed by atoms with van der Waals surface area (Å²) < 4.78 is 22.9. The van der Waals surface area contributed by atoms with E-state index >= 15 is 0 Å². The number of aromatic nitrogens is 1. The van der Waals surface area contributed by atoms with Crippen LogP contribution in [0.5, 0.6) is 0 Å². The zero-order valence-electron chi connectivity index (χ0n) is 15.3. The molecule has 2 aromatic carbocycles. The predicted molar refractivity (Wildman–Crippen MR) is 102 cm³/mol. The van der Waals surface area contributed by atoms with Crippen LogP contribution >= 0.6 is 0 Å². The normalized spacial score (nSPS) is 11.3. The molecule has 0 amide bonds. The molecule has 0 aliphatic carbocycles. The van der Waals surface area contributed by atoms with Crippen LogP contribution in [0.3, 0.4) is 0 Å². The highest BCUT2D eigenvalue weighted by atomic mass is 16.5. The lowest BCUT2D eigenvalue weighted by molar-refractivity contribution is 0.0456. The molecule has 0 bridgehead atoms. The number of fused-ring (bicyclic) bond motifs is 2. The average molecular weight is 381 g/mol. The maximum atomic E-state index is 12.5. The Morgan fingerprint density at radius 3 is 2.61 bits per heavy atom. The van der Waals surface area contributed by atoms with E-state index in [0.717, 1.165) is 10.9 Å². The maximum absolute atomic E-state index is 12.5. The zero-order chi connectivity index (χ0) is 19.5. The van der Waals surface area contributed by atoms with Crippen molar-refractivity contribution in [2.45, 2.75) is 19.6 Å². The molecule has 0 fully saturated rings. The number of benzene rings is 2. The summed E-state index contributed by atoms with van der Waals surface area (Å²) in [6, 6.07) is 14.6.